The van der Waals surface area contributed by atoms with Gasteiger partial charge in [-0.05, 0) is 5.92 Å². The summed E-state index contributed by atoms with van der Waals surface area (Å²) in [4.78, 5) is 0. The van der Waals surface area contributed by atoms with Crippen LogP contribution in [-0.2, 0) is 0 Å². The van der Waals surface area contributed by atoms with Crippen LogP contribution in [0.25, 0.3) is 0 Å². The van der Waals surface area contributed by atoms with Gasteiger partial charge in [0, 0.05) is 12.0 Å². The number of hydrogen-bond acceptors (Lipinski definition) is 1. The Hall–Kier alpha value is -0.180. The maximum absolute atomic E-state index is 12.3. The molecule has 0 aliphatic carbocycles. The van der Waals surface area contributed by atoms with Gasteiger partial charge in [0.2, 0.25) is 6.43 Å². The molecule has 1 atom stereocenters. The van der Waals surface area contributed by atoms with Crippen molar-refractivity contribution in [2.45, 2.75) is 27.2 Å². The van der Waals surface area contributed by atoms with Gasteiger partial charge in [0.25, 0.3) is 0 Å². The molecular weight excluding hydrogens is 136 g/mol. The van der Waals surface area contributed by atoms with E-state index in [4.69, 9.17) is 5.73 Å². The molecule has 0 aromatic carbocycles. The van der Waals surface area contributed by atoms with Crippen molar-refractivity contribution >= 4 is 0 Å². The van der Waals surface area contributed by atoms with E-state index in [2.05, 4.69) is 0 Å². The van der Waals surface area contributed by atoms with Crippen molar-refractivity contribution in [1.82, 2.24) is 0 Å². The van der Waals surface area contributed by atoms with Gasteiger partial charge < -0.3 is 5.73 Å². The summed E-state index contributed by atoms with van der Waals surface area (Å²) >= 11 is 0. The fraction of sp³-hybridized carbons (Fsp3) is 1.00. The summed E-state index contributed by atoms with van der Waals surface area (Å²) < 4.78 is 24.5. The molecule has 0 saturated heterocycles. The van der Waals surface area contributed by atoms with Crippen LogP contribution < -0.4 is 5.73 Å². The maximum Gasteiger partial charge on any atom is 0.245 e. The van der Waals surface area contributed by atoms with Crippen molar-refractivity contribution in [3.05, 3.63) is 0 Å². The predicted octanol–water partition coefficient (Wildman–Crippen LogP) is 1.87. The van der Waals surface area contributed by atoms with Gasteiger partial charge in [-0.15, -0.1) is 0 Å². The Morgan fingerprint density at radius 2 is 1.80 bits per heavy atom. The molecule has 0 fully saturated rings. The molecule has 0 heterocycles. The Labute approximate surface area is 60.6 Å². The maximum atomic E-state index is 12.3. The van der Waals surface area contributed by atoms with E-state index >= 15 is 0 Å². The molecule has 1 nitrogen and oxygen atoms in total. The highest BCUT2D eigenvalue weighted by Crippen LogP contribution is 2.32. The minimum atomic E-state index is -2.32. The Morgan fingerprint density at radius 1 is 1.40 bits per heavy atom. The van der Waals surface area contributed by atoms with Gasteiger partial charge in [0.1, 0.15) is 0 Å². The molecule has 0 bridgehead atoms. The molecule has 0 amide bonds. The van der Waals surface area contributed by atoms with Crippen molar-refractivity contribution in [1.29, 1.82) is 0 Å². The monoisotopic (exact) mass is 151 g/mol. The minimum Gasteiger partial charge on any atom is -0.330 e. The van der Waals surface area contributed by atoms with Gasteiger partial charge >= 0.3 is 0 Å². The van der Waals surface area contributed by atoms with Gasteiger partial charge in [0.15, 0.2) is 0 Å². The van der Waals surface area contributed by atoms with Crippen molar-refractivity contribution in [2.24, 2.45) is 17.1 Å². The molecule has 0 saturated carbocycles. The van der Waals surface area contributed by atoms with E-state index in [1.807, 2.05) is 0 Å². The number of rotatable bonds is 3. The van der Waals surface area contributed by atoms with Crippen LogP contribution in [0.2, 0.25) is 0 Å². The zero-order chi connectivity index (χ0) is 8.36. The van der Waals surface area contributed by atoms with Gasteiger partial charge in [-0.2, -0.15) is 0 Å². The molecule has 0 aliphatic rings. The molecular formula is C7H15F2N. The molecule has 0 radical (unpaired) electrons. The number of nitrogens with two attached hydrogens (primary N) is 1. The molecule has 0 rings (SSSR count). The van der Waals surface area contributed by atoms with E-state index in [0.717, 1.165) is 0 Å². The average molecular weight is 151 g/mol. The van der Waals surface area contributed by atoms with Crippen LogP contribution in [0, 0.1) is 11.3 Å². The van der Waals surface area contributed by atoms with E-state index in [1.165, 1.54) is 6.92 Å². The lowest BCUT2D eigenvalue weighted by molar-refractivity contribution is -0.0179. The smallest absolute Gasteiger partial charge is 0.245 e. The van der Waals surface area contributed by atoms with Gasteiger partial charge in [-0.1, -0.05) is 20.8 Å². The summed E-state index contributed by atoms with van der Waals surface area (Å²) in [6, 6.07) is 0. The predicted molar refractivity (Wildman–Crippen MR) is 38.0 cm³/mol. The molecule has 3 heteroatoms. The summed E-state index contributed by atoms with van der Waals surface area (Å²) in [6.07, 6.45) is -2.32. The number of halogens is 2. The zero-order valence-corrected chi connectivity index (χ0v) is 6.70. The molecule has 0 aliphatic heterocycles. The number of hydrogen-bond donors (Lipinski definition) is 1. The topological polar surface area (TPSA) is 26.0 Å². The minimum absolute atomic E-state index is 0.0440. The van der Waals surface area contributed by atoms with E-state index < -0.39 is 11.8 Å². The third-order valence-corrected chi connectivity index (χ3v) is 2.26. The lowest BCUT2D eigenvalue weighted by atomic mass is 9.80. The van der Waals surface area contributed by atoms with Crippen LogP contribution in [-0.4, -0.2) is 13.0 Å². The van der Waals surface area contributed by atoms with E-state index in [0.29, 0.717) is 0 Å². The third kappa shape index (κ3) is 1.66. The van der Waals surface area contributed by atoms with Gasteiger partial charge in [-0.25, -0.2) is 8.78 Å². The molecule has 0 aromatic heterocycles. The van der Waals surface area contributed by atoms with Crippen LogP contribution in [0.1, 0.15) is 20.8 Å². The van der Waals surface area contributed by atoms with Gasteiger partial charge in [-0.3, -0.25) is 0 Å². The van der Waals surface area contributed by atoms with Crippen molar-refractivity contribution in [3.8, 4) is 0 Å². The highest BCUT2D eigenvalue weighted by atomic mass is 19.3. The average Bonchev–Trinajstić information content (AvgIpc) is 1.85. The highest BCUT2D eigenvalue weighted by Gasteiger charge is 2.36. The first kappa shape index (κ1) is 9.82. The second-order valence-electron chi connectivity index (χ2n) is 3.17. The molecule has 1 unspecified atom stereocenters. The van der Waals surface area contributed by atoms with Crippen LogP contribution in [0.4, 0.5) is 8.78 Å². The quantitative estimate of drug-likeness (QED) is 0.654. The first-order valence-corrected chi connectivity index (χ1v) is 3.43. The Bertz CT molecular complexity index is 93.8. The molecule has 2 N–H and O–H groups in total. The van der Waals surface area contributed by atoms with E-state index in [9.17, 15) is 8.78 Å². The third-order valence-electron chi connectivity index (χ3n) is 2.26. The second-order valence-corrected chi connectivity index (χ2v) is 3.17. The van der Waals surface area contributed by atoms with Crippen molar-refractivity contribution in [3.63, 3.8) is 0 Å². The van der Waals surface area contributed by atoms with Crippen molar-refractivity contribution < 1.29 is 8.78 Å². The van der Waals surface area contributed by atoms with Crippen LogP contribution in [0.15, 0.2) is 0 Å². The molecule has 0 aromatic rings. The lowest BCUT2D eigenvalue weighted by Crippen LogP contribution is -2.39. The fourth-order valence-electron chi connectivity index (χ4n) is 0.577. The first-order chi connectivity index (χ1) is 4.45. The highest BCUT2D eigenvalue weighted by molar-refractivity contribution is 4.80. The van der Waals surface area contributed by atoms with Crippen LogP contribution >= 0.6 is 0 Å². The number of alkyl halides is 2. The Kier molecular flexibility index (Phi) is 3.22. The second kappa shape index (κ2) is 3.28. The first-order valence-electron chi connectivity index (χ1n) is 3.43. The summed E-state index contributed by atoms with van der Waals surface area (Å²) in [6.45, 7) is 5.09. The zero-order valence-electron chi connectivity index (χ0n) is 6.70. The Morgan fingerprint density at radius 3 is 1.80 bits per heavy atom. The standard InChI is InChI=1S/C7H15F2N/c1-5(2)7(3,4-10)6(8)9/h5-6H,4,10H2,1-3H3. The van der Waals surface area contributed by atoms with E-state index in [-0.39, 0.29) is 12.5 Å². The SMILES string of the molecule is CC(C)C(C)(CN)C(F)F. The van der Waals surface area contributed by atoms with E-state index in [1.54, 1.807) is 13.8 Å². The van der Waals surface area contributed by atoms with Crippen LogP contribution in [0.5, 0.6) is 0 Å². The van der Waals surface area contributed by atoms with Crippen molar-refractivity contribution in [2.75, 3.05) is 6.54 Å². The Balaban J connectivity index is 4.23. The fourth-order valence-corrected chi connectivity index (χ4v) is 0.577. The summed E-state index contributed by atoms with van der Waals surface area (Å²) in [5.41, 5.74) is 4.22. The summed E-state index contributed by atoms with van der Waals surface area (Å²) in [7, 11) is 0. The normalized spacial score (nSPS) is 18.0. The van der Waals surface area contributed by atoms with Crippen LogP contribution in [0.3, 0.4) is 0 Å². The largest absolute Gasteiger partial charge is 0.330 e. The molecule has 10 heavy (non-hydrogen) atoms. The molecule has 0 spiro atoms. The summed E-state index contributed by atoms with van der Waals surface area (Å²) in [5, 5.41) is 0. The molecule has 62 valence electrons. The van der Waals surface area contributed by atoms with Gasteiger partial charge in [0.05, 0.1) is 0 Å². The lowest BCUT2D eigenvalue weighted by Gasteiger charge is -2.30. The summed E-state index contributed by atoms with van der Waals surface area (Å²) in [5.74, 6) is -0.0718.